The second kappa shape index (κ2) is 9.57. The van der Waals surface area contributed by atoms with Crippen molar-refractivity contribution in [1.29, 1.82) is 0 Å². The number of hydrogen-bond acceptors (Lipinski definition) is 9. The summed E-state index contributed by atoms with van der Waals surface area (Å²) in [6.45, 7) is 3.90. The van der Waals surface area contributed by atoms with Crippen molar-refractivity contribution < 1.29 is 18.1 Å². The third-order valence-electron chi connectivity index (χ3n) is 5.67. The number of methoxy groups -OCH3 is 1. The minimum Gasteiger partial charge on any atom is -0.497 e. The van der Waals surface area contributed by atoms with Crippen LogP contribution in [0, 0.1) is 5.82 Å². The molecule has 4 aromatic rings. The van der Waals surface area contributed by atoms with Gasteiger partial charge in [0.25, 0.3) is 0 Å². The van der Waals surface area contributed by atoms with Crippen molar-refractivity contribution in [2.75, 3.05) is 33.3 Å². The Morgan fingerprint density at radius 1 is 0.971 bits per heavy atom. The van der Waals surface area contributed by atoms with Crippen LogP contribution in [-0.4, -0.2) is 63.0 Å². The molecule has 1 aliphatic heterocycles. The molecule has 10 nitrogen and oxygen atoms in total. The zero-order valence-electron chi connectivity index (χ0n) is 18.6. The Hall–Kier alpha value is -3.83. The number of hydrogen-bond donors (Lipinski definition) is 0. The predicted octanol–water partition coefficient (Wildman–Crippen LogP) is 2.48. The summed E-state index contributed by atoms with van der Waals surface area (Å²) in [5.41, 5.74) is 1.41. The molecule has 0 unspecified atom stereocenters. The number of rotatable bonds is 7. The minimum atomic E-state index is -0.543. The highest BCUT2D eigenvalue weighted by molar-refractivity contribution is 5.55. The summed E-state index contributed by atoms with van der Waals surface area (Å²) < 4.78 is 30.2. The van der Waals surface area contributed by atoms with Crippen LogP contribution in [0.25, 0.3) is 22.8 Å². The van der Waals surface area contributed by atoms with Gasteiger partial charge in [0.1, 0.15) is 18.2 Å². The summed E-state index contributed by atoms with van der Waals surface area (Å²) in [6.07, 6.45) is 0. The van der Waals surface area contributed by atoms with E-state index in [1.807, 2.05) is 24.3 Å². The third-order valence-corrected chi connectivity index (χ3v) is 5.67. The maximum atomic E-state index is 13.1. The molecular formula is C23H23FN6O4. The summed E-state index contributed by atoms with van der Waals surface area (Å²) in [4.78, 5) is 21.0. The first-order chi connectivity index (χ1) is 16.6. The van der Waals surface area contributed by atoms with E-state index in [-0.39, 0.29) is 11.7 Å². The second-order valence-corrected chi connectivity index (χ2v) is 7.96. The summed E-state index contributed by atoms with van der Waals surface area (Å²) in [5.74, 6) is 1.13. The van der Waals surface area contributed by atoms with Crippen LogP contribution in [-0.2, 0) is 13.2 Å². The molecule has 176 valence electrons. The Labute approximate surface area is 194 Å². The first-order valence-corrected chi connectivity index (χ1v) is 10.8. The van der Waals surface area contributed by atoms with Crippen molar-refractivity contribution in [3.05, 3.63) is 70.8 Å². The molecule has 1 saturated heterocycles. The van der Waals surface area contributed by atoms with Gasteiger partial charge < -0.3 is 13.7 Å². The van der Waals surface area contributed by atoms with E-state index >= 15 is 0 Å². The van der Waals surface area contributed by atoms with Crippen molar-refractivity contribution in [2.45, 2.75) is 13.2 Å². The molecule has 34 heavy (non-hydrogen) atoms. The number of benzene rings is 2. The molecule has 3 heterocycles. The maximum absolute atomic E-state index is 13.1. The normalized spacial score (nSPS) is 15.0. The fraction of sp³-hybridized carbons (Fsp3) is 0.304. The molecule has 0 bridgehead atoms. The van der Waals surface area contributed by atoms with Gasteiger partial charge in [-0.05, 0) is 48.5 Å². The van der Waals surface area contributed by atoms with Crippen molar-refractivity contribution in [1.82, 2.24) is 29.7 Å². The Bertz CT molecular complexity index is 1290. The zero-order chi connectivity index (χ0) is 23.5. The monoisotopic (exact) mass is 466 g/mol. The Morgan fingerprint density at radius 3 is 2.35 bits per heavy atom. The van der Waals surface area contributed by atoms with Crippen molar-refractivity contribution in [3.63, 3.8) is 0 Å². The van der Waals surface area contributed by atoms with Crippen LogP contribution in [0.15, 0.2) is 62.3 Å². The molecule has 2 aromatic carbocycles. The summed E-state index contributed by atoms with van der Waals surface area (Å²) in [5, 5.41) is 8.33. The lowest BCUT2D eigenvalue weighted by Crippen LogP contribution is -2.47. The number of halogens is 1. The Kier molecular flexibility index (Phi) is 6.19. The van der Waals surface area contributed by atoms with Crippen molar-refractivity contribution in [2.24, 2.45) is 0 Å². The molecule has 11 heteroatoms. The fourth-order valence-corrected chi connectivity index (χ4v) is 3.75. The van der Waals surface area contributed by atoms with Gasteiger partial charge in [-0.2, -0.15) is 9.67 Å². The highest BCUT2D eigenvalue weighted by atomic mass is 19.1. The molecule has 0 spiro atoms. The lowest BCUT2D eigenvalue weighted by Gasteiger charge is -2.33. The van der Waals surface area contributed by atoms with Crippen molar-refractivity contribution in [3.8, 4) is 28.6 Å². The topological polar surface area (TPSA) is 103 Å². The quantitative estimate of drug-likeness (QED) is 0.406. The van der Waals surface area contributed by atoms with Gasteiger partial charge in [-0.25, -0.2) is 9.18 Å². The van der Waals surface area contributed by atoms with Gasteiger partial charge in [-0.15, -0.1) is 5.10 Å². The van der Waals surface area contributed by atoms with Gasteiger partial charge in [-0.3, -0.25) is 9.80 Å². The van der Waals surface area contributed by atoms with Crippen LogP contribution in [0.1, 0.15) is 5.89 Å². The van der Waals surface area contributed by atoms with Gasteiger partial charge >= 0.3 is 5.76 Å². The first kappa shape index (κ1) is 22.0. The smallest absolute Gasteiger partial charge is 0.438 e. The first-order valence-electron chi connectivity index (χ1n) is 10.8. The van der Waals surface area contributed by atoms with E-state index in [1.165, 1.54) is 28.9 Å². The molecule has 0 aliphatic carbocycles. The molecule has 1 fully saturated rings. The Balaban J connectivity index is 1.15. The maximum Gasteiger partial charge on any atom is 0.438 e. The van der Waals surface area contributed by atoms with E-state index in [1.54, 1.807) is 7.11 Å². The average Bonchev–Trinajstić information content (AvgIpc) is 3.47. The van der Waals surface area contributed by atoms with E-state index in [0.717, 1.165) is 37.5 Å². The number of nitrogens with zero attached hydrogens (tertiary/aromatic N) is 6. The summed E-state index contributed by atoms with van der Waals surface area (Å²) in [7, 11) is 1.62. The van der Waals surface area contributed by atoms with Crippen LogP contribution >= 0.6 is 0 Å². The average molecular weight is 466 g/mol. The molecule has 5 rings (SSSR count). The van der Waals surface area contributed by atoms with E-state index in [2.05, 4.69) is 25.0 Å². The van der Waals surface area contributed by atoms with Crippen LogP contribution in [0.5, 0.6) is 5.75 Å². The largest absolute Gasteiger partial charge is 0.497 e. The summed E-state index contributed by atoms with van der Waals surface area (Å²) >= 11 is 0. The van der Waals surface area contributed by atoms with Crippen LogP contribution < -0.4 is 10.5 Å². The standard InChI is InChI=1S/C23H23FN6O4/c1-32-19-8-4-16(5-9-19)21-25-20(34-27-21)14-28-10-12-29(13-11-28)15-30-23(31)33-22(26-30)17-2-6-18(24)7-3-17/h2-9H,10-15H2,1H3. The molecular weight excluding hydrogens is 443 g/mol. The molecule has 1 aliphatic rings. The van der Waals surface area contributed by atoms with Gasteiger partial charge in [0.05, 0.1) is 13.7 Å². The van der Waals surface area contributed by atoms with E-state index in [4.69, 9.17) is 13.7 Å². The number of piperazine rings is 1. The minimum absolute atomic E-state index is 0.174. The Morgan fingerprint density at radius 2 is 1.65 bits per heavy atom. The van der Waals surface area contributed by atoms with Crippen LogP contribution in [0.2, 0.25) is 0 Å². The van der Waals surface area contributed by atoms with E-state index < -0.39 is 5.76 Å². The lowest BCUT2D eigenvalue weighted by atomic mass is 10.2. The molecule has 0 atom stereocenters. The van der Waals surface area contributed by atoms with Crippen molar-refractivity contribution >= 4 is 0 Å². The molecule has 0 N–H and O–H groups in total. The van der Waals surface area contributed by atoms with E-state index in [9.17, 15) is 9.18 Å². The van der Waals surface area contributed by atoms with Crippen LogP contribution in [0.3, 0.4) is 0 Å². The zero-order valence-corrected chi connectivity index (χ0v) is 18.6. The lowest BCUT2D eigenvalue weighted by molar-refractivity contribution is 0.0893. The molecule has 0 saturated carbocycles. The van der Waals surface area contributed by atoms with Crippen LogP contribution in [0.4, 0.5) is 4.39 Å². The second-order valence-electron chi connectivity index (χ2n) is 7.96. The number of aromatic nitrogens is 4. The fourth-order valence-electron chi connectivity index (χ4n) is 3.75. The highest BCUT2D eigenvalue weighted by Crippen LogP contribution is 2.20. The molecule has 2 aromatic heterocycles. The highest BCUT2D eigenvalue weighted by Gasteiger charge is 2.21. The van der Waals surface area contributed by atoms with Gasteiger partial charge in [0, 0.05) is 37.3 Å². The van der Waals surface area contributed by atoms with Gasteiger partial charge in [0.2, 0.25) is 17.6 Å². The number of ether oxygens (including phenoxy) is 1. The van der Waals surface area contributed by atoms with Gasteiger partial charge in [0.15, 0.2) is 0 Å². The molecule has 0 radical (unpaired) electrons. The molecule has 0 amide bonds. The SMILES string of the molecule is COc1ccc(-c2noc(CN3CCN(Cn4nc(-c5ccc(F)cc5)oc4=O)CC3)n2)cc1. The van der Waals surface area contributed by atoms with Gasteiger partial charge in [-0.1, -0.05) is 5.16 Å². The predicted molar refractivity (Wildman–Crippen MR) is 119 cm³/mol. The van der Waals surface area contributed by atoms with E-state index in [0.29, 0.717) is 30.5 Å². The summed E-state index contributed by atoms with van der Waals surface area (Å²) in [6, 6.07) is 13.1. The third kappa shape index (κ3) is 4.90.